The Kier molecular flexibility index (Phi) is 6.85. The molecular weight excluding hydrogens is 299 g/mol. The fourth-order valence-electron chi connectivity index (χ4n) is 1.24. The molecule has 0 aliphatic carbocycles. The molecule has 0 amide bonds. The van der Waals surface area contributed by atoms with E-state index in [0.29, 0.717) is 0 Å². The molecule has 0 spiro atoms. The Hall–Kier alpha value is -0.930. The van der Waals surface area contributed by atoms with Gasteiger partial charge in [0.1, 0.15) is 0 Å². The van der Waals surface area contributed by atoms with Gasteiger partial charge in [0.05, 0.1) is 16.0 Å². The zero-order valence-electron chi connectivity index (χ0n) is 10.9. The Balaban J connectivity index is 0.00000361. The van der Waals surface area contributed by atoms with E-state index in [0.717, 1.165) is 18.2 Å². The first-order valence-electron chi connectivity index (χ1n) is 5.01. The molecule has 1 aromatic carbocycles. The molecule has 1 aromatic rings. The summed E-state index contributed by atoms with van der Waals surface area (Å²) in [5.74, 6) is -2.38. The van der Waals surface area contributed by atoms with E-state index in [1.165, 1.54) is 6.92 Å². The summed E-state index contributed by atoms with van der Waals surface area (Å²) in [7, 11) is -4.63. The molecule has 0 fully saturated rings. The number of benzene rings is 1. The van der Waals surface area contributed by atoms with Crippen molar-refractivity contribution in [1.82, 2.24) is 0 Å². The number of carboxylic acid groups (broad SMARTS) is 1. The van der Waals surface area contributed by atoms with Crippen molar-refractivity contribution in [2.24, 2.45) is 0 Å². The van der Waals surface area contributed by atoms with Crippen LogP contribution in [-0.2, 0) is 14.9 Å². The van der Waals surface area contributed by atoms with Gasteiger partial charge in [-0.05, 0) is 24.3 Å². The predicted octanol–water partition coefficient (Wildman–Crippen LogP) is -1.99. The third-order valence-electron chi connectivity index (χ3n) is 2.00. The van der Waals surface area contributed by atoms with E-state index in [9.17, 15) is 18.0 Å². The van der Waals surface area contributed by atoms with Crippen LogP contribution in [0, 0.1) is 6.92 Å². The fraction of sp³-hybridized carbons (Fsp3) is 0.182. The largest absolute Gasteiger partial charge is 1.00 e. The van der Waals surface area contributed by atoms with Crippen molar-refractivity contribution in [2.75, 3.05) is 0 Å². The Bertz CT molecular complexity index is 622. The molecule has 104 valence electrons. The van der Waals surface area contributed by atoms with Crippen molar-refractivity contribution in [1.29, 1.82) is 0 Å². The fourth-order valence-corrected chi connectivity index (χ4v) is 1.79. The van der Waals surface area contributed by atoms with Gasteiger partial charge in [0, 0.05) is 0 Å². The molecule has 9 heteroatoms. The molecule has 0 saturated heterocycles. The van der Waals surface area contributed by atoms with Gasteiger partial charge in [-0.2, -0.15) is 8.42 Å². The second-order valence-corrected chi connectivity index (χ2v) is 5.16. The Morgan fingerprint density at radius 1 is 1.25 bits per heavy atom. The van der Waals surface area contributed by atoms with Crippen LogP contribution < -0.4 is 29.6 Å². The van der Waals surface area contributed by atoms with Gasteiger partial charge in [0.15, 0.2) is 0 Å². The topological polar surface area (TPSA) is 118 Å². The molecule has 1 atom stereocenters. The van der Waals surface area contributed by atoms with E-state index in [1.807, 2.05) is 0 Å². The maximum atomic E-state index is 11.6. The third kappa shape index (κ3) is 5.22. The second kappa shape index (κ2) is 7.19. The predicted molar refractivity (Wildman–Crippen MR) is 63.5 cm³/mol. The van der Waals surface area contributed by atoms with E-state index in [2.05, 4.69) is 6.92 Å². The van der Waals surface area contributed by atoms with Crippen molar-refractivity contribution in [3.8, 4) is 0 Å². The summed E-state index contributed by atoms with van der Waals surface area (Å²) >= 11 is 0. The third-order valence-corrected chi connectivity index (χ3v) is 2.83. The number of carbonyl (C=O) groups is 2. The molecule has 0 bridgehead atoms. The number of ether oxygens (including phenoxy) is 1. The van der Waals surface area contributed by atoms with Crippen molar-refractivity contribution < 1.29 is 62.0 Å². The summed E-state index contributed by atoms with van der Waals surface area (Å²) in [6.45, 7) is 4.88. The first-order chi connectivity index (χ1) is 8.61. The molecule has 20 heavy (non-hydrogen) atoms. The monoisotopic (exact) mass is 310 g/mol. The van der Waals surface area contributed by atoms with E-state index in [-0.39, 0.29) is 35.1 Å². The van der Waals surface area contributed by atoms with Crippen LogP contribution in [0.25, 0.3) is 0 Å². The summed E-state index contributed by atoms with van der Waals surface area (Å²) in [6.07, 6.45) is -0.699. The summed E-state index contributed by atoms with van der Waals surface area (Å²) in [5, 5.41) is 8.82. The number of carbonyl (C=O) groups excluding carboxylic acids is 1. The average molecular weight is 310 g/mol. The van der Waals surface area contributed by atoms with Crippen molar-refractivity contribution in [3.05, 3.63) is 36.2 Å². The van der Waals surface area contributed by atoms with Crippen molar-refractivity contribution >= 4 is 22.1 Å². The van der Waals surface area contributed by atoms with Gasteiger partial charge in [-0.1, -0.05) is 6.92 Å². The van der Waals surface area contributed by atoms with Crippen LogP contribution in [0.1, 0.15) is 27.6 Å². The number of rotatable bonds is 4. The maximum Gasteiger partial charge on any atom is 1.00 e. The summed E-state index contributed by atoms with van der Waals surface area (Å²) in [4.78, 5) is 21.7. The maximum absolute atomic E-state index is 11.6. The van der Waals surface area contributed by atoms with Crippen LogP contribution in [0.2, 0.25) is 0 Å². The van der Waals surface area contributed by atoms with Crippen LogP contribution in [0.15, 0.2) is 23.1 Å². The summed E-state index contributed by atoms with van der Waals surface area (Å²) in [6, 6.07) is 2.51. The van der Waals surface area contributed by atoms with Gasteiger partial charge in [0.2, 0.25) is 0 Å². The molecule has 0 aromatic heterocycles. The quantitative estimate of drug-likeness (QED) is 0.286. The van der Waals surface area contributed by atoms with E-state index in [4.69, 9.17) is 14.4 Å². The number of hydrogen-bond donors (Lipinski definition) is 2. The first-order valence-corrected chi connectivity index (χ1v) is 6.45. The SMILES string of the molecule is [CH2-]C(C)OC(=O)c1cc(C(=O)O)cc(S(=O)(=O)O)c1.[Na+]. The summed E-state index contributed by atoms with van der Waals surface area (Å²) < 4.78 is 35.6. The zero-order valence-corrected chi connectivity index (χ0v) is 13.7. The standard InChI is InChI=1S/C11H11O7S.Na/c1-6(2)18-11(14)8-3-7(10(12)13)4-9(5-8)19(15,16)17;/h3-6H,1H2,2H3,(H,12,13)(H,15,16,17);/q-1;+1. The molecule has 1 unspecified atom stereocenters. The zero-order chi connectivity index (χ0) is 14.8. The van der Waals surface area contributed by atoms with Crippen LogP contribution in [0.5, 0.6) is 0 Å². The molecule has 0 aliphatic heterocycles. The summed E-state index contributed by atoms with van der Waals surface area (Å²) in [5.41, 5.74) is -0.762. The van der Waals surface area contributed by atoms with E-state index >= 15 is 0 Å². The number of aromatic carboxylic acids is 1. The minimum atomic E-state index is -4.63. The van der Waals surface area contributed by atoms with Gasteiger partial charge < -0.3 is 16.8 Å². The van der Waals surface area contributed by atoms with Crippen LogP contribution in [0.4, 0.5) is 0 Å². The molecule has 1 rings (SSSR count). The molecular formula is C11H11NaO7S. The van der Waals surface area contributed by atoms with Crippen LogP contribution >= 0.6 is 0 Å². The number of esters is 1. The van der Waals surface area contributed by atoms with Gasteiger partial charge in [-0.25, -0.2) is 9.59 Å². The van der Waals surface area contributed by atoms with Crippen LogP contribution in [0.3, 0.4) is 0 Å². The minimum Gasteiger partial charge on any atom is -0.492 e. The van der Waals surface area contributed by atoms with Crippen molar-refractivity contribution in [2.45, 2.75) is 17.9 Å². The molecule has 0 heterocycles. The number of hydrogen-bond acceptors (Lipinski definition) is 5. The molecule has 0 saturated carbocycles. The Morgan fingerprint density at radius 2 is 1.75 bits per heavy atom. The minimum absolute atomic E-state index is 0. The first kappa shape index (κ1) is 19.1. The van der Waals surface area contributed by atoms with Gasteiger partial charge in [-0.3, -0.25) is 4.55 Å². The normalized spacial score (nSPS) is 12.2. The molecule has 7 nitrogen and oxygen atoms in total. The Morgan fingerprint density at radius 3 is 2.15 bits per heavy atom. The molecule has 2 N–H and O–H groups in total. The second-order valence-electron chi connectivity index (χ2n) is 3.74. The Labute approximate surface area is 138 Å². The van der Waals surface area contributed by atoms with Crippen LogP contribution in [-0.4, -0.2) is 36.1 Å². The van der Waals surface area contributed by atoms with Gasteiger partial charge in [-0.15, -0.1) is 0 Å². The number of carboxylic acids is 1. The average Bonchev–Trinajstić information content (AvgIpc) is 2.26. The van der Waals surface area contributed by atoms with Crippen molar-refractivity contribution in [3.63, 3.8) is 0 Å². The van der Waals surface area contributed by atoms with Gasteiger partial charge in [0.25, 0.3) is 10.1 Å². The van der Waals surface area contributed by atoms with E-state index < -0.39 is 38.6 Å². The molecule has 0 aliphatic rings. The van der Waals surface area contributed by atoms with Gasteiger partial charge >= 0.3 is 41.5 Å². The van der Waals surface area contributed by atoms with E-state index in [1.54, 1.807) is 0 Å². The smallest absolute Gasteiger partial charge is 0.492 e. The molecule has 0 radical (unpaired) electrons.